The van der Waals surface area contributed by atoms with Gasteiger partial charge in [-0.1, -0.05) is 0 Å². The largest absolute Gasteiger partial charge is 0.484 e. The van der Waals surface area contributed by atoms with Gasteiger partial charge in [0.15, 0.2) is 6.61 Å². The molecule has 0 saturated carbocycles. The minimum Gasteiger partial charge on any atom is -0.484 e. The Morgan fingerprint density at radius 3 is 2.57 bits per heavy atom. The van der Waals surface area contributed by atoms with Crippen LogP contribution in [0.2, 0.25) is 0 Å². The number of likely N-dealkylation sites (tertiary alicyclic amines) is 1. The van der Waals surface area contributed by atoms with Gasteiger partial charge in [-0.25, -0.2) is 4.39 Å². The van der Waals surface area contributed by atoms with E-state index in [1.807, 2.05) is 11.9 Å². The monoisotopic (exact) mass is 393 g/mol. The van der Waals surface area contributed by atoms with E-state index < -0.39 is 0 Å². The van der Waals surface area contributed by atoms with E-state index in [0.717, 1.165) is 12.8 Å². The molecule has 0 spiro atoms. The fourth-order valence-electron chi connectivity index (χ4n) is 3.69. The Morgan fingerprint density at radius 1 is 1.18 bits per heavy atom. The lowest BCUT2D eigenvalue weighted by Crippen LogP contribution is -2.45. The molecule has 28 heavy (non-hydrogen) atoms. The highest BCUT2D eigenvalue weighted by molar-refractivity contribution is 5.77. The normalized spacial score (nSPS) is 22.9. The molecule has 0 bridgehead atoms. The molecule has 2 atom stereocenters. The first-order chi connectivity index (χ1) is 13.5. The summed E-state index contributed by atoms with van der Waals surface area (Å²) in [6.45, 7) is 2.97. The molecule has 8 heteroatoms. The third-order valence-corrected chi connectivity index (χ3v) is 5.48. The Kier molecular flexibility index (Phi) is 7.22. The summed E-state index contributed by atoms with van der Waals surface area (Å²) in [6.07, 6.45) is 2.39. The first kappa shape index (κ1) is 20.5. The van der Waals surface area contributed by atoms with Crippen molar-refractivity contribution >= 4 is 11.8 Å². The average Bonchev–Trinajstić information content (AvgIpc) is 3.06. The van der Waals surface area contributed by atoms with Crippen molar-refractivity contribution in [2.75, 3.05) is 46.5 Å². The van der Waals surface area contributed by atoms with Crippen LogP contribution in [0.4, 0.5) is 4.39 Å². The van der Waals surface area contributed by atoms with Crippen LogP contribution < -0.4 is 10.1 Å². The fraction of sp³-hybridized carbons (Fsp3) is 0.600. The van der Waals surface area contributed by atoms with Crippen LogP contribution in [-0.2, 0) is 14.3 Å². The summed E-state index contributed by atoms with van der Waals surface area (Å²) in [6, 6.07) is 5.97. The number of nitrogens with one attached hydrogen (secondary N) is 1. The Balaban J connectivity index is 1.37. The van der Waals surface area contributed by atoms with Gasteiger partial charge >= 0.3 is 0 Å². The van der Waals surface area contributed by atoms with E-state index in [-0.39, 0.29) is 36.3 Å². The van der Waals surface area contributed by atoms with Gasteiger partial charge in [-0.05, 0) is 44.2 Å². The zero-order chi connectivity index (χ0) is 19.9. The molecule has 2 amide bonds. The molecule has 2 aliphatic heterocycles. The minimum absolute atomic E-state index is 0.110. The Labute approximate surface area is 164 Å². The number of ether oxygens (including phenoxy) is 2. The van der Waals surface area contributed by atoms with Gasteiger partial charge in [0.05, 0.1) is 13.2 Å². The van der Waals surface area contributed by atoms with Crippen LogP contribution in [0.1, 0.15) is 19.3 Å². The molecule has 1 aromatic carbocycles. The highest BCUT2D eigenvalue weighted by atomic mass is 19.1. The van der Waals surface area contributed by atoms with Crippen molar-refractivity contribution in [3.05, 3.63) is 30.1 Å². The maximum atomic E-state index is 12.9. The number of amides is 2. The van der Waals surface area contributed by atoms with Crippen molar-refractivity contribution in [1.29, 1.82) is 0 Å². The van der Waals surface area contributed by atoms with Crippen LogP contribution in [0.15, 0.2) is 24.3 Å². The molecule has 1 N–H and O–H groups in total. The van der Waals surface area contributed by atoms with Crippen LogP contribution >= 0.6 is 0 Å². The second kappa shape index (κ2) is 9.84. The van der Waals surface area contributed by atoms with Crippen LogP contribution in [0.25, 0.3) is 0 Å². The number of carbonyl (C=O) groups excluding carboxylic acids is 2. The highest BCUT2D eigenvalue weighted by Crippen LogP contribution is 2.25. The number of benzene rings is 1. The maximum absolute atomic E-state index is 12.9. The molecule has 0 aromatic heterocycles. The minimum atomic E-state index is -0.345. The van der Waals surface area contributed by atoms with Gasteiger partial charge in [0.25, 0.3) is 5.91 Å². The van der Waals surface area contributed by atoms with Crippen LogP contribution in [0.5, 0.6) is 5.75 Å². The third-order valence-electron chi connectivity index (χ3n) is 5.48. The predicted molar refractivity (Wildman–Crippen MR) is 101 cm³/mol. The molecule has 2 saturated heterocycles. The third kappa shape index (κ3) is 5.65. The summed E-state index contributed by atoms with van der Waals surface area (Å²) in [5.74, 6) is 0.0713. The van der Waals surface area contributed by atoms with E-state index in [0.29, 0.717) is 45.0 Å². The first-order valence-corrected chi connectivity index (χ1v) is 9.75. The van der Waals surface area contributed by atoms with Crippen molar-refractivity contribution in [2.24, 2.45) is 0 Å². The first-order valence-electron chi connectivity index (χ1n) is 9.75. The summed E-state index contributed by atoms with van der Waals surface area (Å²) < 4.78 is 23.5. The summed E-state index contributed by atoms with van der Waals surface area (Å²) in [7, 11) is 2.01. The smallest absolute Gasteiger partial charge is 0.257 e. The molecule has 7 nitrogen and oxygen atoms in total. The van der Waals surface area contributed by atoms with Crippen molar-refractivity contribution in [1.82, 2.24) is 15.1 Å². The number of carbonyl (C=O) groups is 2. The van der Waals surface area contributed by atoms with E-state index >= 15 is 0 Å². The molecule has 2 heterocycles. The molecule has 0 unspecified atom stereocenters. The quantitative estimate of drug-likeness (QED) is 0.749. The number of halogens is 1. The molecular formula is C20H28FN3O4. The van der Waals surface area contributed by atoms with E-state index in [4.69, 9.17) is 9.47 Å². The number of hydrogen-bond acceptors (Lipinski definition) is 5. The Bertz CT molecular complexity index is 664. The maximum Gasteiger partial charge on any atom is 0.257 e. The molecule has 154 valence electrons. The molecule has 2 fully saturated rings. The van der Waals surface area contributed by atoms with Crippen LogP contribution in [0, 0.1) is 5.82 Å². The van der Waals surface area contributed by atoms with Crippen molar-refractivity contribution in [3.8, 4) is 5.75 Å². The topological polar surface area (TPSA) is 71.1 Å². The van der Waals surface area contributed by atoms with Gasteiger partial charge in [0.1, 0.15) is 11.6 Å². The predicted octanol–water partition coefficient (Wildman–Crippen LogP) is 1.03. The van der Waals surface area contributed by atoms with E-state index in [2.05, 4.69) is 10.2 Å². The molecular weight excluding hydrogens is 365 g/mol. The molecule has 3 rings (SSSR count). The van der Waals surface area contributed by atoms with Gasteiger partial charge < -0.3 is 19.7 Å². The lowest BCUT2D eigenvalue weighted by Gasteiger charge is -2.30. The van der Waals surface area contributed by atoms with E-state index in [1.54, 1.807) is 0 Å². The Morgan fingerprint density at radius 2 is 1.86 bits per heavy atom. The van der Waals surface area contributed by atoms with Crippen molar-refractivity contribution in [2.45, 2.75) is 31.3 Å². The molecule has 2 aliphatic rings. The summed E-state index contributed by atoms with van der Waals surface area (Å²) in [5, 5.41) is 2.88. The summed E-state index contributed by atoms with van der Waals surface area (Å²) in [4.78, 5) is 28.5. The molecule has 0 radical (unpaired) electrons. The summed E-state index contributed by atoms with van der Waals surface area (Å²) >= 11 is 0. The molecule has 0 aliphatic carbocycles. The van der Waals surface area contributed by atoms with Gasteiger partial charge in [-0.15, -0.1) is 0 Å². The second-order valence-electron chi connectivity index (χ2n) is 7.29. The zero-order valence-electron chi connectivity index (χ0n) is 16.2. The number of rotatable bonds is 7. The lowest BCUT2D eigenvalue weighted by atomic mass is 10.1. The standard InChI is InChI=1S/C20H28FN3O4/c1-23-16(12-20(26)24-8-10-27-11-9-24)4-5-17(23)13-22-19(25)14-28-18-6-2-15(21)3-7-18/h2-3,6-7,16-17H,4-5,8-14H2,1H3,(H,22,25)/t16-,17+/m1/s1. The highest BCUT2D eigenvalue weighted by Gasteiger charge is 2.33. The zero-order valence-corrected chi connectivity index (χ0v) is 16.2. The lowest BCUT2D eigenvalue weighted by molar-refractivity contribution is -0.136. The summed E-state index contributed by atoms with van der Waals surface area (Å²) in [5.41, 5.74) is 0. The number of likely N-dealkylation sites (N-methyl/N-ethyl adjacent to an activating group) is 1. The second-order valence-corrected chi connectivity index (χ2v) is 7.29. The average molecular weight is 393 g/mol. The van der Waals surface area contributed by atoms with Crippen LogP contribution in [0.3, 0.4) is 0 Å². The van der Waals surface area contributed by atoms with Crippen LogP contribution in [-0.4, -0.2) is 80.2 Å². The number of morpholine rings is 1. The fourth-order valence-corrected chi connectivity index (χ4v) is 3.69. The van der Waals surface area contributed by atoms with Gasteiger partial charge in [0, 0.05) is 38.1 Å². The van der Waals surface area contributed by atoms with Gasteiger partial charge in [-0.2, -0.15) is 0 Å². The number of hydrogen-bond donors (Lipinski definition) is 1. The number of nitrogens with zero attached hydrogens (tertiary/aromatic N) is 2. The molecule has 1 aromatic rings. The van der Waals surface area contributed by atoms with Crippen molar-refractivity contribution < 1.29 is 23.5 Å². The van der Waals surface area contributed by atoms with Crippen molar-refractivity contribution in [3.63, 3.8) is 0 Å². The van der Waals surface area contributed by atoms with Gasteiger partial charge in [-0.3, -0.25) is 14.5 Å². The van der Waals surface area contributed by atoms with Gasteiger partial charge in [0.2, 0.25) is 5.91 Å². The SMILES string of the molecule is CN1[C@@H](CC(=O)N2CCOCC2)CC[C@H]1CNC(=O)COc1ccc(F)cc1. The van der Waals surface area contributed by atoms with E-state index in [9.17, 15) is 14.0 Å². The van der Waals surface area contributed by atoms with E-state index in [1.165, 1.54) is 24.3 Å². The Hall–Kier alpha value is -2.19.